The molecule has 0 saturated carbocycles. The monoisotopic (exact) mass is 210 g/mol. The van der Waals surface area contributed by atoms with Crippen LogP contribution in [0.15, 0.2) is 6.07 Å². The van der Waals surface area contributed by atoms with Crippen LogP contribution in [0, 0.1) is 5.92 Å². The number of hydrogen-bond acceptors (Lipinski definition) is 3. The fourth-order valence-corrected chi connectivity index (χ4v) is 3.13. The third-order valence-corrected chi connectivity index (χ3v) is 3.89. The topological polar surface area (TPSA) is 55.1 Å². The van der Waals surface area contributed by atoms with Gasteiger partial charge in [0.15, 0.2) is 0 Å². The maximum absolute atomic E-state index is 11.3. The van der Waals surface area contributed by atoms with E-state index in [1.54, 1.807) is 11.3 Å². The lowest BCUT2D eigenvalue weighted by molar-refractivity contribution is 0.0957. The molecule has 0 aromatic carbocycles. The normalized spacial score (nSPS) is 20.3. The van der Waals surface area contributed by atoms with Gasteiger partial charge >= 0.3 is 0 Å². The number of hydrogen-bond donors (Lipinski definition) is 2. The van der Waals surface area contributed by atoms with Crippen LogP contribution in [0.25, 0.3) is 0 Å². The van der Waals surface area contributed by atoms with Crippen molar-refractivity contribution in [1.82, 2.24) is 5.43 Å². The Labute approximate surface area is 87.3 Å². The molecule has 0 radical (unpaired) electrons. The second-order valence-corrected chi connectivity index (χ2v) is 5.02. The van der Waals surface area contributed by atoms with Crippen LogP contribution >= 0.6 is 11.3 Å². The standard InChI is InChI=1S/C10H14N2OS/c1-6-2-3-7-5-9(10(13)12-11)14-8(7)4-6/h5-6H,2-4,11H2,1H3,(H,12,13)/t6-/m0/s1. The third kappa shape index (κ3) is 1.67. The summed E-state index contributed by atoms with van der Waals surface area (Å²) in [6.45, 7) is 2.26. The summed E-state index contributed by atoms with van der Waals surface area (Å²) >= 11 is 1.58. The largest absolute Gasteiger partial charge is 0.289 e. The number of aryl methyl sites for hydroxylation is 1. The number of carbonyl (C=O) groups is 1. The first-order valence-electron chi connectivity index (χ1n) is 4.83. The lowest BCUT2D eigenvalue weighted by Crippen LogP contribution is -2.29. The van der Waals surface area contributed by atoms with Crippen molar-refractivity contribution in [1.29, 1.82) is 0 Å². The SMILES string of the molecule is C[C@H]1CCc2cc(C(=O)NN)sc2C1. The average molecular weight is 210 g/mol. The highest BCUT2D eigenvalue weighted by molar-refractivity contribution is 7.14. The van der Waals surface area contributed by atoms with Gasteiger partial charge in [0.2, 0.25) is 0 Å². The minimum absolute atomic E-state index is 0.169. The van der Waals surface area contributed by atoms with Crippen LogP contribution in [0.1, 0.15) is 33.5 Å². The first-order chi connectivity index (χ1) is 6.70. The van der Waals surface area contributed by atoms with Gasteiger partial charge in [0.25, 0.3) is 5.91 Å². The van der Waals surface area contributed by atoms with E-state index in [-0.39, 0.29) is 5.91 Å². The van der Waals surface area contributed by atoms with Crippen molar-refractivity contribution in [3.63, 3.8) is 0 Å². The maximum Gasteiger partial charge on any atom is 0.275 e. The predicted octanol–water partition coefficient (Wildman–Crippen LogP) is 1.48. The number of amides is 1. The molecule has 1 aliphatic rings. The van der Waals surface area contributed by atoms with Gasteiger partial charge in [-0.2, -0.15) is 0 Å². The molecule has 76 valence electrons. The van der Waals surface area contributed by atoms with Crippen molar-refractivity contribution >= 4 is 17.2 Å². The number of rotatable bonds is 1. The van der Waals surface area contributed by atoms with Crippen LogP contribution in [-0.2, 0) is 12.8 Å². The van der Waals surface area contributed by atoms with E-state index in [4.69, 9.17) is 5.84 Å². The zero-order chi connectivity index (χ0) is 10.1. The molecule has 1 aliphatic carbocycles. The highest BCUT2D eigenvalue weighted by atomic mass is 32.1. The van der Waals surface area contributed by atoms with Gasteiger partial charge in [-0.05, 0) is 36.8 Å². The quantitative estimate of drug-likeness (QED) is 0.419. The zero-order valence-electron chi connectivity index (χ0n) is 8.17. The Bertz CT molecular complexity index is 359. The van der Waals surface area contributed by atoms with Crippen molar-refractivity contribution in [2.45, 2.75) is 26.2 Å². The van der Waals surface area contributed by atoms with Gasteiger partial charge < -0.3 is 0 Å². The molecule has 0 saturated heterocycles. The average Bonchev–Trinajstić information content (AvgIpc) is 2.59. The van der Waals surface area contributed by atoms with E-state index >= 15 is 0 Å². The summed E-state index contributed by atoms with van der Waals surface area (Å²) in [6.07, 6.45) is 3.44. The van der Waals surface area contributed by atoms with Gasteiger partial charge in [-0.1, -0.05) is 6.92 Å². The molecule has 0 aliphatic heterocycles. The van der Waals surface area contributed by atoms with Crippen LogP contribution in [0.4, 0.5) is 0 Å². The Hall–Kier alpha value is -0.870. The van der Waals surface area contributed by atoms with Crippen LogP contribution in [0.5, 0.6) is 0 Å². The fourth-order valence-electron chi connectivity index (χ4n) is 1.85. The predicted molar refractivity (Wildman–Crippen MR) is 57.2 cm³/mol. The molecular formula is C10H14N2OS. The molecule has 14 heavy (non-hydrogen) atoms. The molecule has 1 heterocycles. The molecule has 0 fully saturated rings. The van der Waals surface area contributed by atoms with Crippen LogP contribution in [-0.4, -0.2) is 5.91 Å². The molecule has 1 amide bonds. The van der Waals surface area contributed by atoms with E-state index in [9.17, 15) is 4.79 Å². The second-order valence-electron chi connectivity index (χ2n) is 3.88. The van der Waals surface area contributed by atoms with Gasteiger partial charge in [0, 0.05) is 4.88 Å². The van der Waals surface area contributed by atoms with Crippen molar-refractivity contribution < 1.29 is 4.79 Å². The number of fused-ring (bicyclic) bond motifs is 1. The lowest BCUT2D eigenvalue weighted by Gasteiger charge is -2.16. The molecule has 1 aromatic heterocycles. The summed E-state index contributed by atoms with van der Waals surface area (Å²) in [7, 11) is 0. The Morgan fingerprint density at radius 2 is 2.50 bits per heavy atom. The number of nitrogens with two attached hydrogens (primary N) is 1. The number of nitrogen functional groups attached to an aromatic ring is 1. The number of carbonyl (C=O) groups excluding carboxylic acids is 1. The van der Waals surface area contributed by atoms with E-state index in [2.05, 4.69) is 12.3 Å². The summed E-state index contributed by atoms with van der Waals surface area (Å²) in [5, 5.41) is 0. The van der Waals surface area contributed by atoms with Crippen molar-refractivity contribution in [3.05, 3.63) is 21.4 Å². The van der Waals surface area contributed by atoms with Crippen molar-refractivity contribution in [2.75, 3.05) is 0 Å². The minimum atomic E-state index is -0.169. The molecule has 0 bridgehead atoms. The van der Waals surface area contributed by atoms with Gasteiger partial charge in [-0.25, -0.2) is 5.84 Å². The van der Waals surface area contributed by atoms with Gasteiger partial charge in [-0.3, -0.25) is 10.2 Å². The van der Waals surface area contributed by atoms with Crippen LogP contribution in [0.3, 0.4) is 0 Å². The maximum atomic E-state index is 11.3. The molecule has 3 N–H and O–H groups in total. The van der Waals surface area contributed by atoms with E-state index in [0.717, 1.165) is 23.6 Å². The number of thiophene rings is 1. The summed E-state index contributed by atoms with van der Waals surface area (Å²) in [4.78, 5) is 13.4. The Kier molecular flexibility index (Phi) is 2.56. The van der Waals surface area contributed by atoms with Crippen molar-refractivity contribution in [3.8, 4) is 0 Å². The van der Waals surface area contributed by atoms with Crippen molar-refractivity contribution in [2.24, 2.45) is 11.8 Å². The molecule has 2 rings (SSSR count). The second kappa shape index (κ2) is 3.71. The van der Waals surface area contributed by atoms with E-state index < -0.39 is 0 Å². The molecule has 0 spiro atoms. The summed E-state index contributed by atoms with van der Waals surface area (Å²) in [5.41, 5.74) is 3.51. The summed E-state index contributed by atoms with van der Waals surface area (Å²) in [6, 6.07) is 1.98. The van der Waals surface area contributed by atoms with Gasteiger partial charge in [0.1, 0.15) is 0 Å². The van der Waals surface area contributed by atoms with E-state index in [1.807, 2.05) is 6.07 Å². The zero-order valence-corrected chi connectivity index (χ0v) is 8.99. The Morgan fingerprint density at radius 1 is 1.71 bits per heavy atom. The smallest absolute Gasteiger partial charge is 0.275 e. The first-order valence-corrected chi connectivity index (χ1v) is 5.65. The summed E-state index contributed by atoms with van der Waals surface area (Å²) in [5.74, 6) is 5.67. The first kappa shape index (κ1) is 9.68. The van der Waals surface area contributed by atoms with E-state index in [0.29, 0.717) is 0 Å². The number of hydrazine groups is 1. The van der Waals surface area contributed by atoms with Gasteiger partial charge in [0.05, 0.1) is 4.88 Å². The highest BCUT2D eigenvalue weighted by Gasteiger charge is 2.20. The van der Waals surface area contributed by atoms with E-state index in [1.165, 1.54) is 16.9 Å². The Balaban J connectivity index is 2.27. The van der Waals surface area contributed by atoms with Crippen LogP contribution in [0.2, 0.25) is 0 Å². The molecule has 1 atom stereocenters. The Morgan fingerprint density at radius 3 is 3.21 bits per heavy atom. The lowest BCUT2D eigenvalue weighted by atomic mass is 9.90. The fraction of sp³-hybridized carbons (Fsp3) is 0.500. The molecule has 4 heteroatoms. The number of nitrogens with one attached hydrogen (secondary N) is 1. The molecule has 0 unspecified atom stereocenters. The minimum Gasteiger partial charge on any atom is -0.289 e. The molecule has 3 nitrogen and oxygen atoms in total. The third-order valence-electron chi connectivity index (χ3n) is 2.69. The molecule has 1 aromatic rings. The molecular weight excluding hydrogens is 196 g/mol. The summed E-state index contributed by atoms with van der Waals surface area (Å²) < 4.78 is 0. The highest BCUT2D eigenvalue weighted by Crippen LogP contribution is 2.32. The van der Waals surface area contributed by atoms with Gasteiger partial charge in [-0.15, -0.1) is 11.3 Å². The van der Waals surface area contributed by atoms with Crippen LogP contribution < -0.4 is 11.3 Å².